The maximum Gasteiger partial charge on any atom is 0.409 e. The van der Waals surface area contributed by atoms with E-state index in [4.69, 9.17) is 21.1 Å². The average Bonchev–Trinajstić information content (AvgIpc) is 3.14. The fourth-order valence-electron chi connectivity index (χ4n) is 3.62. The van der Waals surface area contributed by atoms with Crippen LogP contribution in [0.3, 0.4) is 0 Å². The van der Waals surface area contributed by atoms with E-state index in [0.29, 0.717) is 48.3 Å². The molecule has 0 aliphatic carbocycles. The number of hydrogen-bond donors (Lipinski definition) is 0. The molecular formula is C22H23ClN4O4S. The number of nitrogens with zero attached hydrogens (tertiary/aromatic N) is 4. The SMILES string of the molecule is CCOC(=O)N1CCN(c2nc(Cl)nc3sc(C(=O)OCc4ccccc4)c(C)c23)CC1. The summed E-state index contributed by atoms with van der Waals surface area (Å²) in [4.78, 5) is 38.4. The maximum absolute atomic E-state index is 12.8. The maximum atomic E-state index is 12.8. The molecule has 0 radical (unpaired) electrons. The van der Waals surface area contributed by atoms with Crippen molar-refractivity contribution in [1.29, 1.82) is 0 Å². The van der Waals surface area contributed by atoms with Crippen molar-refractivity contribution in [2.75, 3.05) is 37.7 Å². The molecule has 1 aromatic carbocycles. The van der Waals surface area contributed by atoms with Gasteiger partial charge in [0.05, 0.1) is 12.0 Å². The lowest BCUT2D eigenvalue weighted by molar-refractivity contribution is 0.0478. The number of amides is 1. The molecule has 32 heavy (non-hydrogen) atoms. The molecule has 3 aromatic rings. The highest BCUT2D eigenvalue weighted by Crippen LogP contribution is 2.37. The first-order chi connectivity index (χ1) is 15.5. The summed E-state index contributed by atoms with van der Waals surface area (Å²) in [6.45, 7) is 6.37. The molecule has 168 valence electrons. The van der Waals surface area contributed by atoms with Crippen LogP contribution in [0.25, 0.3) is 10.2 Å². The van der Waals surface area contributed by atoms with Crippen molar-refractivity contribution >= 4 is 51.0 Å². The van der Waals surface area contributed by atoms with Crippen molar-refractivity contribution in [1.82, 2.24) is 14.9 Å². The molecule has 0 spiro atoms. The third kappa shape index (κ3) is 4.63. The second-order valence-electron chi connectivity index (χ2n) is 7.29. The van der Waals surface area contributed by atoms with Gasteiger partial charge in [-0.1, -0.05) is 30.3 Å². The molecule has 2 aromatic heterocycles. The van der Waals surface area contributed by atoms with Gasteiger partial charge in [0.2, 0.25) is 5.28 Å². The number of hydrogen-bond acceptors (Lipinski definition) is 8. The molecule has 1 amide bonds. The number of halogens is 1. The van der Waals surface area contributed by atoms with E-state index in [0.717, 1.165) is 16.5 Å². The van der Waals surface area contributed by atoms with E-state index in [-0.39, 0.29) is 18.0 Å². The Bertz CT molecular complexity index is 1130. The first-order valence-electron chi connectivity index (χ1n) is 10.3. The second kappa shape index (κ2) is 9.70. The molecule has 0 N–H and O–H groups in total. The normalized spacial score (nSPS) is 14.0. The molecule has 1 fully saturated rings. The van der Waals surface area contributed by atoms with E-state index in [1.165, 1.54) is 11.3 Å². The van der Waals surface area contributed by atoms with E-state index >= 15 is 0 Å². The van der Waals surface area contributed by atoms with Crippen LogP contribution in [0.5, 0.6) is 0 Å². The number of esters is 1. The number of piperazine rings is 1. The van der Waals surface area contributed by atoms with Gasteiger partial charge in [0, 0.05) is 26.2 Å². The summed E-state index contributed by atoms with van der Waals surface area (Å²) in [5, 5.41) is 0.904. The van der Waals surface area contributed by atoms with E-state index < -0.39 is 5.97 Å². The van der Waals surface area contributed by atoms with Gasteiger partial charge in [0.25, 0.3) is 0 Å². The highest BCUT2D eigenvalue weighted by Gasteiger charge is 2.27. The molecule has 0 saturated carbocycles. The van der Waals surface area contributed by atoms with Crippen LogP contribution in [0.4, 0.5) is 10.6 Å². The Balaban J connectivity index is 1.56. The number of benzene rings is 1. The number of aromatic nitrogens is 2. The van der Waals surface area contributed by atoms with Crippen molar-refractivity contribution in [2.45, 2.75) is 20.5 Å². The Labute approximate surface area is 194 Å². The van der Waals surface area contributed by atoms with E-state index in [1.54, 1.807) is 11.8 Å². The summed E-state index contributed by atoms with van der Waals surface area (Å²) in [5.74, 6) is 0.267. The van der Waals surface area contributed by atoms with Gasteiger partial charge in [-0.2, -0.15) is 4.98 Å². The number of ether oxygens (including phenoxy) is 2. The standard InChI is InChI=1S/C22H23ClN4O4S/c1-3-30-22(29)27-11-9-26(10-12-27)18-16-14(2)17(32-19(16)25-21(23)24-18)20(28)31-13-15-7-5-4-6-8-15/h4-8H,3,9-13H2,1-2H3. The zero-order valence-electron chi connectivity index (χ0n) is 17.8. The summed E-state index contributed by atoms with van der Waals surface area (Å²) in [7, 11) is 0. The Kier molecular flexibility index (Phi) is 6.76. The van der Waals surface area contributed by atoms with E-state index in [2.05, 4.69) is 14.9 Å². The van der Waals surface area contributed by atoms with Gasteiger partial charge >= 0.3 is 12.1 Å². The highest BCUT2D eigenvalue weighted by molar-refractivity contribution is 7.20. The molecule has 8 nitrogen and oxygen atoms in total. The third-order valence-corrected chi connectivity index (χ3v) is 6.58. The van der Waals surface area contributed by atoms with Crippen LogP contribution >= 0.6 is 22.9 Å². The fraction of sp³-hybridized carbons (Fsp3) is 0.364. The summed E-state index contributed by atoms with van der Waals surface area (Å²) in [6, 6.07) is 9.53. The first-order valence-corrected chi connectivity index (χ1v) is 11.5. The van der Waals surface area contributed by atoms with Crippen LogP contribution in [0.15, 0.2) is 30.3 Å². The smallest absolute Gasteiger partial charge is 0.409 e. The van der Waals surface area contributed by atoms with E-state index in [1.807, 2.05) is 37.3 Å². The van der Waals surface area contributed by atoms with Crippen molar-refractivity contribution in [2.24, 2.45) is 0 Å². The quantitative estimate of drug-likeness (QED) is 0.403. The van der Waals surface area contributed by atoms with Gasteiger partial charge in [0.1, 0.15) is 22.1 Å². The van der Waals surface area contributed by atoms with Crippen molar-refractivity contribution in [3.63, 3.8) is 0 Å². The van der Waals surface area contributed by atoms with Crippen molar-refractivity contribution < 1.29 is 19.1 Å². The molecule has 3 heterocycles. The second-order valence-corrected chi connectivity index (χ2v) is 8.62. The van der Waals surface area contributed by atoms with Crippen molar-refractivity contribution in [3.8, 4) is 0 Å². The van der Waals surface area contributed by atoms with Gasteiger partial charge in [-0.25, -0.2) is 14.6 Å². The van der Waals surface area contributed by atoms with Gasteiger partial charge in [-0.3, -0.25) is 0 Å². The molecule has 0 unspecified atom stereocenters. The molecule has 1 aliphatic rings. The number of thiophene rings is 1. The fourth-order valence-corrected chi connectivity index (χ4v) is 4.90. The molecule has 0 bridgehead atoms. The summed E-state index contributed by atoms with van der Waals surface area (Å²) < 4.78 is 10.6. The Morgan fingerprint density at radius 3 is 2.50 bits per heavy atom. The Hall–Kier alpha value is -2.91. The first kappa shape index (κ1) is 22.3. The number of carbonyl (C=O) groups is 2. The van der Waals surface area contributed by atoms with Crippen LogP contribution in [-0.2, 0) is 16.1 Å². The van der Waals surface area contributed by atoms with Crippen LogP contribution < -0.4 is 4.90 Å². The van der Waals surface area contributed by atoms with Crippen LogP contribution in [0, 0.1) is 6.92 Å². The summed E-state index contributed by atoms with van der Waals surface area (Å²) >= 11 is 7.45. The topological polar surface area (TPSA) is 84.9 Å². The Morgan fingerprint density at radius 2 is 1.81 bits per heavy atom. The van der Waals surface area contributed by atoms with Gasteiger partial charge in [-0.15, -0.1) is 11.3 Å². The molecule has 1 aliphatic heterocycles. The summed E-state index contributed by atoms with van der Waals surface area (Å²) in [6.07, 6.45) is -0.312. The number of fused-ring (bicyclic) bond motifs is 1. The lowest BCUT2D eigenvalue weighted by atomic mass is 10.2. The van der Waals surface area contributed by atoms with Gasteiger partial charge < -0.3 is 19.3 Å². The summed E-state index contributed by atoms with van der Waals surface area (Å²) in [5.41, 5.74) is 1.69. The average molecular weight is 475 g/mol. The zero-order valence-corrected chi connectivity index (χ0v) is 19.4. The van der Waals surface area contributed by atoms with Crippen LogP contribution in [0.1, 0.15) is 27.7 Å². The largest absolute Gasteiger partial charge is 0.457 e. The Morgan fingerprint density at radius 1 is 1.09 bits per heavy atom. The number of aryl methyl sites for hydroxylation is 1. The van der Waals surface area contributed by atoms with Gasteiger partial charge in [-0.05, 0) is 36.6 Å². The molecule has 4 rings (SSSR count). The molecule has 0 atom stereocenters. The van der Waals surface area contributed by atoms with Crippen LogP contribution in [0.2, 0.25) is 5.28 Å². The minimum atomic E-state index is -0.399. The lowest BCUT2D eigenvalue weighted by Gasteiger charge is -2.35. The predicted molar refractivity (Wildman–Crippen MR) is 124 cm³/mol. The predicted octanol–water partition coefficient (Wildman–Crippen LogP) is 4.29. The minimum absolute atomic E-state index is 0.116. The number of rotatable bonds is 5. The van der Waals surface area contributed by atoms with Gasteiger partial charge in [0.15, 0.2) is 0 Å². The lowest BCUT2D eigenvalue weighted by Crippen LogP contribution is -2.49. The monoisotopic (exact) mass is 474 g/mol. The third-order valence-electron chi connectivity index (χ3n) is 5.25. The minimum Gasteiger partial charge on any atom is -0.457 e. The molecule has 10 heteroatoms. The van der Waals surface area contributed by atoms with Crippen LogP contribution in [-0.4, -0.2) is 59.7 Å². The zero-order chi connectivity index (χ0) is 22.7. The van der Waals surface area contributed by atoms with E-state index in [9.17, 15) is 9.59 Å². The molecular weight excluding hydrogens is 452 g/mol. The van der Waals surface area contributed by atoms with Crippen molar-refractivity contribution in [3.05, 3.63) is 51.6 Å². The molecule has 1 saturated heterocycles. The number of anilines is 1. The highest BCUT2D eigenvalue weighted by atomic mass is 35.5. The number of carbonyl (C=O) groups excluding carboxylic acids is 2.